The summed E-state index contributed by atoms with van der Waals surface area (Å²) in [7, 11) is 0. The number of carboxylic acid groups (broad SMARTS) is 1. The third kappa shape index (κ3) is 3.56. The van der Waals surface area contributed by atoms with Gasteiger partial charge in [0.15, 0.2) is 0 Å². The average molecular weight is 292 g/mol. The summed E-state index contributed by atoms with van der Waals surface area (Å²) in [5.74, 6) is -2.62. The number of nitrogens with zero attached hydrogens (tertiary/aromatic N) is 1. The summed E-state index contributed by atoms with van der Waals surface area (Å²) in [5, 5.41) is 22.5. The number of carboxylic acids is 1. The van der Waals surface area contributed by atoms with Crippen molar-refractivity contribution in [1.29, 1.82) is 0 Å². The predicted octanol–water partition coefficient (Wildman–Crippen LogP) is 2.42. The van der Waals surface area contributed by atoms with Crippen molar-refractivity contribution >= 4 is 23.3 Å². The summed E-state index contributed by atoms with van der Waals surface area (Å²) in [4.78, 5) is 33.6. The van der Waals surface area contributed by atoms with Gasteiger partial charge in [-0.25, -0.2) is 0 Å². The molecule has 0 bridgehead atoms. The van der Waals surface area contributed by atoms with E-state index in [1.54, 1.807) is 6.07 Å². The first-order valence-corrected chi connectivity index (χ1v) is 6.77. The fourth-order valence-corrected chi connectivity index (χ4v) is 2.67. The molecule has 1 saturated carbocycles. The van der Waals surface area contributed by atoms with Crippen molar-refractivity contribution in [3.63, 3.8) is 0 Å². The lowest BCUT2D eigenvalue weighted by molar-refractivity contribution is -0.384. The Morgan fingerprint density at radius 3 is 2.52 bits per heavy atom. The van der Waals surface area contributed by atoms with E-state index in [9.17, 15) is 24.8 Å². The zero-order valence-corrected chi connectivity index (χ0v) is 11.3. The summed E-state index contributed by atoms with van der Waals surface area (Å²) in [5.41, 5.74) is 0.190. The van der Waals surface area contributed by atoms with Crippen LogP contribution in [0.2, 0.25) is 0 Å². The number of benzene rings is 1. The Kier molecular flexibility index (Phi) is 4.52. The number of anilines is 1. The van der Waals surface area contributed by atoms with E-state index in [2.05, 4.69) is 5.32 Å². The molecule has 7 nitrogen and oxygen atoms in total. The van der Waals surface area contributed by atoms with Gasteiger partial charge in [-0.3, -0.25) is 19.7 Å². The molecule has 0 unspecified atom stereocenters. The van der Waals surface area contributed by atoms with Gasteiger partial charge in [-0.2, -0.15) is 0 Å². The molecule has 1 aliphatic rings. The van der Waals surface area contributed by atoms with Gasteiger partial charge >= 0.3 is 5.97 Å². The molecule has 0 heterocycles. The fraction of sp³-hybridized carbons (Fsp3) is 0.429. The van der Waals surface area contributed by atoms with Crippen molar-refractivity contribution in [2.24, 2.45) is 11.8 Å². The summed E-state index contributed by atoms with van der Waals surface area (Å²) in [6.07, 6.45) is 2.63. The van der Waals surface area contributed by atoms with Gasteiger partial charge in [0, 0.05) is 17.8 Å². The minimum atomic E-state index is -0.964. The van der Waals surface area contributed by atoms with Crippen LogP contribution in [0.5, 0.6) is 0 Å². The lowest BCUT2D eigenvalue weighted by Crippen LogP contribution is -2.36. The number of carbonyl (C=O) groups excluding carboxylic acids is 1. The van der Waals surface area contributed by atoms with E-state index in [0.717, 1.165) is 12.8 Å². The van der Waals surface area contributed by atoms with Gasteiger partial charge in [0.25, 0.3) is 5.69 Å². The molecule has 1 aromatic rings. The third-order valence-corrected chi connectivity index (χ3v) is 3.74. The average Bonchev–Trinajstić information content (AvgIpc) is 2.47. The summed E-state index contributed by atoms with van der Waals surface area (Å²) >= 11 is 0. The summed E-state index contributed by atoms with van der Waals surface area (Å²) in [6.45, 7) is 0. The second-order valence-corrected chi connectivity index (χ2v) is 5.13. The first-order chi connectivity index (χ1) is 9.99. The molecular weight excluding hydrogens is 276 g/mol. The number of nitro benzene ring substituents is 1. The molecular formula is C14H16N2O5. The SMILES string of the molecule is O=C(O)[C@@H]1CCCC[C@H]1C(=O)Nc1cccc([N+](=O)[O-])c1. The maximum atomic E-state index is 12.2. The van der Waals surface area contributed by atoms with Gasteiger partial charge in [0.1, 0.15) is 0 Å². The van der Waals surface area contributed by atoms with Crippen molar-refractivity contribution in [2.75, 3.05) is 5.32 Å². The molecule has 112 valence electrons. The first-order valence-electron chi connectivity index (χ1n) is 6.77. The molecule has 2 rings (SSSR count). The Morgan fingerprint density at radius 2 is 1.90 bits per heavy atom. The van der Waals surface area contributed by atoms with E-state index in [4.69, 9.17) is 0 Å². The molecule has 7 heteroatoms. The molecule has 1 fully saturated rings. The monoisotopic (exact) mass is 292 g/mol. The number of aliphatic carboxylic acids is 1. The van der Waals surface area contributed by atoms with Gasteiger partial charge in [-0.05, 0) is 18.9 Å². The zero-order valence-electron chi connectivity index (χ0n) is 11.3. The minimum absolute atomic E-state index is 0.119. The van der Waals surface area contributed by atoms with Gasteiger partial charge in [-0.15, -0.1) is 0 Å². The number of carbonyl (C=O) groups is 2. The Bertz CT molecular complexity index is 572. The number of rotatable bonds is 4. The van der Waals surface area contributed by atoms with Crippen LogP contribution in [-0.4, -0.2) is 21.9 Å². The second-order valence-electron chi connectivity index (χ2n) is 5.13. The van der Waals surface area contributed by atoms with E-state index < -0.39 is 22.7 Å². The van der Waals surface area contributed by atoms with Crippen molar-refractivity contribution in [3.8, 4) is 0 Å². The molecule has 2 N–H and O–H groups in total. The first kappa shape index (κ1) is 15.0. The number of amides is 1. The molecule has 0 saturated heterocycles. The topological polar surface area (TPSA) is 110 Å². The van der Waals surface area contributed by atoms with Crippen LogP contribution in [0.1, 0.15) is 25.7 Å². The van der Waals surface area contributed by atoms with Crippen LogP contribution in [0.25, 0.3) is 0 Å². The van der Waals surface area contributed by atoms with Crippen molar-refractivity contribution in [3.05, 3.63) is 34.4 Å². The Hall–Kier alpha value is -2.44. The highest BCUT2D eigenvalue weighted by Crippen LogP contribution is 2.31. The predicted molar refractivity (Wildman–Crippen MR) is 74.8 cm³/mol. The van der Waals surface area contributed by atoms with Crippen LogP contribution in [0.3, 0.4) is 0 Å². The number of nitro groups is 1. The molecule has 1 amide bonds. The van der Waals surface area contributed by atoms with Crippen molar-refractivity contribution in [1.82, 2.24) is 0 Å². The number of non-ortho nitro benzene ring substituents is 1. The standard InChI is InChI=1S/C14H16N2O5/c17-13(11-6-1-2-7-12(11)14(18)19)15-9-4-3-5-10(8-9)16(20)21/h3-5,8,11-12H,1-2,6-7H2,(H,15,17)(H,18,19)/t11-,12-/m1/s1. The molecule has 2 atom stereocenters. The maximum Gasteiger partial charge on any atom is 0.307 e. The third-order valence-electron chi connectivity index (χ3n) is 3.74. The molecule has 21 heavy (non-hydrogen) atoms. The molecule has 0 radical (unpaired) electrons. The summed E-state index contributed by atoms with van der Waals surface area (Å²) in [6, 6.07) is 5.61. The zero-order chi connectivity index (χ0) is 15.4. The van der Waals surface area contributed by atoms with E-state index >= 15 is 0 Å². The van der Waals surface area contributed by atoms with E-state index in [-0.39, 0.29) is 11.6 Å². The van der Waals surface area contributed by atoms with E-state index in [0.29, 0.717) is 18.5 Å². The highest BCUT2D eigenvalue weighted by molar-refractivity contribution is 5.95. The molecule has 1 aromatic carbocycles. The van der Waals surface area contributed by atoms with Crippen molar-refractivity contribution < 1.29 is 19.6 Å². The Balaban J connectivity index is 2.11. The number of hydrogen-bond acceptors (Lipinski definition) is 4. The summed E-state index contributed by atoms with van der Waals surface area (Å²) < 4.78 is 0. The van der Waals surface area contributed by atoms with Crippen LogP contribution in [0.15, 0.2) is 24.3 Å². The Labute approximate surface area is 121 Å². The van der Waals surface area contributed by atoms with E-state index in [1.165, 1.54) is 18.2 Å². The van der Waals surface area contributed by atoms with Crippen LogP contribution in [0.4, 0.5) is 11.4 Å². The lowest BCUT2D eigenvalue weighted by Gasteiger charge is -2.27. The number of hydrogen-bond donors (Lipinski definition) is 2. The normalized spacial score (nSPS) is 21.5. The lowest BCUT2D eigenvalue weighted by atomic mass is 9.78. The van der Waals surface area contributed by atoms with Gasteiger partial charge < -0.3 is 10.4 Å². The van der Waals surface area contributed by atoms with Crippen LogP contribution in [-0.2, 0) is 9.59 Å². The van der Waals surface area contributed by atoms with Gasteiger partial charge in [0.2, 0.25) is 5.91 Å². The Morgan fingerprint density at radius 1 is 1.24 bits per heavy atom. The van der Waals surface area contributed by atoms with Gasteiger partial charge in [-0.1, -0.05) is 18.9 Å². The molecule has 1 aliphatic carbocycles. The minimum Gasteiger partial charge on any atom is -0.481 e. The smallest absolute Gasteiger partial charge is 0.307 e. The largest absolute Gasteiger partial charge is 0.481 e. The van der Waals surface area contributed by atoms with E-state index in [1.807, 2.05) is 0 Å². The maximum absolute atomic E-state index is 12.2. The van der Waals surface area contributed by atoms with Crippen molar-refractivity contribution in [2.45, 2.75) is 25.7 Å². The van der Waals surface area contributed by atoms with Crippen LogP contribution >= 0.6 is 0 Å². The second kappa shape index (κ2) is 6.34. The van der Waals surface area contributed by atoms with Gasteiger partial charge in [0.05, 0.1) is 16.8 Å². The van der Waals surface area contributed by atoms with Crippen LogP contribution < -0.4 is 5.32 Å². The fourth-order valence-electron chi connectivity index (χ4n) is 2.67. The highest BCUT2D eigenvalue weighted by atomic mass is 16.6. The molecule has 0 aliphatic heterocycles. The molecule has 0 spiro atoms. The van der Waals surface area contributed by atoms with Crippen LogP contribution in [0, 0.1) is 22.0 Å². The highest BCUT2D eigenvalue weighted by Gasteiger charge is 2.35. The number of nitrogens with one attached hydrogen (secondary N) is 1. The quantitative estimate of drug-likeness (QED) is 0.654. The molecule has 0 aromatic heterocycles.